The standard InChI is InChI=1S/C35H33Cl2FN8O.C10H6N2/c1-35(2,3)45-11-9-26(10-12-45)46-19-31(43-44-46)33(22-6-4-5-21(13-22)20-47)42-25-14-27-32(41-24-7-8-30(38)28(36)15-24)23(17-39)18-40-34(27)29(37)16-25;11-6-8-5-9-3-1-2-4-10(9)12-7-8/h4-8,13-16,18-20,26,33,42H,9-12H2,1-3H3,(H,40,41);1-5,7H. The van der Waals surface area contributed by atoms with E-state index in [1.807, 2.05) is 65.5 Å². The van der Waals surface area contributed by atoms with Gasteiger partial charge in [0.15, 0.2) is 0 Å². The molecule has 7 aromatic rings. The molecule has 0 bridgehead atoms. The molecular formula is C45H39Cl2FN10O. The van der Waals surface area contributed by atoms with Gasteiger partial charge in [0.05, 0.1) is 56.2 Å². The number of aromatic nitrogens is 5. The van der Waals surface area contributed by atoms with Gasteiger partial charge in [0.2, 0.25) is 0 Å². The number of pyridine rings is 2. The van der Waals surface area contributed by atoms with Crippen molar-refractivity contribution in [3.8, 4) is 12.1 Å². The molecule has 1 saturated heterocycles. The maximum Gasteiger partial charge on any atom is 0.150 e. The van der Waals surface area contributed by atoms with Crippen LogP contribution in [0.5, 0.6) is 0 Å². The number of hydrogen-bond acceptors (Lipinski definition) is 10. The van der Waals surface area contributed by atoms with Crippen LogP contribution in [0.15, 0.2) is 104 Å². The molecule has 0 radical (unpaired) electrons. The number of benzene rings is 4. The number of carbonyl (C=O) groups excluding carboxylic acids is 1. The fourth-order valence-corrected chi connectivity index (χ4v) is 7.57. The number of nitriles is 2. The van der Waals surface area contributed by atoms with Gasteiger partial charge in [0.1, 0.15) is 29.9 Å². The van der Waals surface area contributed by atoms with Crippen molar-refractivity contribution in [3.05, 3.63) is 147 Å². The second-order valence-electron chi connectivity index (χ2n) is 15.2. The minimum Gasteiger partial charge on any atom is -0.373 e. The van der Waals surface area contributed by atoms with Gasteiger partial charge >= 0.3 is 0 Å². The zero-order valence-electron chi connectivity index (χ0n) is 32.5. The van der Waals surface area contributed by atoms with Crippen LogP contribution in [0.2, 0.25) is 10.0 Å². The van der Waals surface area contributed by atoms with Crippen molar-refractivity contribution in [1.82, 2.24) is 29.9 Å². The Morgan fingerprint density at radius 3 is 2.41 bits per heavy atom. The lowest BCUT2D eigenvalue weighted by Gasteiger charge is -2.40. The van der Waals surface area contributed by atoms with E-state index in [1.54, 1.807) is 18.3 Å². The van der Waals surface area contributed by atoms with Gasteiger partial charge in [-0.3, -0.25) is 19.7 Å². The summed E-state index contributed by atoms with van der Waals surface area (Å²) in [6.07, 6.45) is 7.72. The SMILES string of the molecule is CC(C)(C)N1CCC(n2cc(C(Nc3cc(Cl)c4ncc(C#N)c(Nc5ccc(F)c(Cl)c5)c4c3)c3cccc(C=O)c3)nn2)CC1.N#Cc1cnc2ccccc2c1. The number of para-hydroxylation sites is 1. The zero-order valence-corrected chi connectivity index (χ0v) is 34.0. The molecule has 4 heterocycles. The maximum atomic E-state index is 13.9. The van der Waals surface area contributed by atoms with Crippen LogP contribution in [0, 0.1) is 28.5 Å². The number of halogens is 3. The predicted molar refractivity (Wildman–Crippen MR) is 230 cm³/mol. The van der Waals surface area contributed by atoms with Crippen molar-refractivity contribution in [3.63, 3.8) is 0 Å². The summed E-state index contributed by atoms with van der Waals surface area (Å²) in [5.41, 5.74) is 5.94. The first-order valence-corrected chi connectivity index (χ1v) is 19.7. The van der Waals surface area contributed by atoms with E-state index < -0.39 is 11.9 Å². The predicted octanol–water partition coefficient (Wildman–Crippen LogP) is 10.4. The Hall–Kier alpha value is -6.44. The highest BCUT2D eigenvalue weighted by Crippen LogP contribution is 2.37. The Morgan fingerprint density at radius 2 is 1.68 bits per heavy atom. The number of fused-ring (bicyclic) bond motifs is 2. The van der Waals surface area contributed by atoms with E-state index in [0.29, 0.717) is 49.8 Å². The first-order chi connectivity index (χ1) is 28.4. The first-order valence-electron chi connectivity index (χ1n) is 18.9. The molecule has 1 aliphatic rings. The quantitative estimate of drug-likeness (QED) is 0.142. The van der Waals surface area contributed by atoms with Gasteiger partial charge in [0.25, 0.3) is 0 Å². The Morgan fingerprint density at radius 1 is 0.898 bits per heavy atom. The Balaban J connectivity index is 0.000000375. The smallest absolute Gasteiger partial charge is 0.150 e. The van der Waals surface area contributed by atoms with E-state index in [-0.39, 0.29) is 22.2 Å². The fourth-order valence-electron chi connectivity index (χ4n) is 7.12. The molecule has 8 rings (SSSR count). The molecule has 59 heavy (non-hydrogen) atoms. The topological polar surface area (TPSA) is 148 Å². The van der Waals surface area contributed by atoms with Crippen molar-refractivity contribution in [2.75, 3.05) is 23.7 Å². The second kappa shape index (κ2) is 17.6. The van der Waals surface area contributed by atoms with Crippen molar-refractivity contribution in [1.29, 1.82) is 10.5 Å². The molecule has 1 fully saturated rings. The molecule has 1 aliphatic heterocycles. The van der Waals surface area contributed by atoms with Crippen molar-refractivity contribution >= 4 is 68.4 Å². The van der Waals surface area contributed by atoms with Gasteiger partial charge in [-0.1, -0.05) is 64.8 Å². The zero-order chi connectivity index (χ0) is 41.7. The summed E-state index contributed by atoms with van der Waals surface area (Å²) >= 11 is 12.8. The number of carbonyl (C=O) groups is 1. The molecule has 1 unspecified atom stereocenters. The molecular weight excluding hydrogens is 786 g/mol. The number of rotatable bonds is 8. The average molecular weight is 826 g/mol. The highest BCUT2D eigenvalue weighted by molar-refractivity contribution is 6.36. The van der Waals surface area contributed by atoms with E-state index >= 15 is 0 Å². The monoisotopic (exact) mass is 824 g/mol. The van der Waals surface area contributed by atoms with Gasteiger partial charge in [-0.15, -0.1) is 5.10 Å². The summed E-state index contributed by atoms with van der Waals surface area (Å²) in [5.74, 6) is -0.552. The van der Waals surface area contributed by atoms with Gasteiger partial charge in [-0.25, -0.2) is 9.07 Å². The lowest BCUT2D eigenvalue weighted by atomic mass is 9.98. The number of hydrogen-bond donors (Lipinski definition) is 2. The van der Waals surface area contributed by atoms with Crippen LogP contribution in [0.25, 0.3) is 21.8 Å². The van der Waals surface area contributed by atoms with Crippen LogP contribution in [-0.2, 0) is 0 Å². The molecule has 11 nitrogen and oxygen atoms in total. The van der Waals surface area contributed by atoms with Crippen LogP contribution in [0.3, 0.4) is 0 Å². The van der Waals surface area contributed by atoms with E-state index in [1.165, 1.54) is 24.4 Å². The van der Waals surface area contributed by atoms with E-state index in [0.717, 1.165) is 48.7 Å². The van der Waals surface area contributed by atoms with E-state index in [4.69, 9.17) is 28.5 Å². The third-order valence-corrected chi connectivity index (χ3v) is 10.8. The molecule has 14 heteroatoms. The summed E-state index contributed by atoms with van der Waals surface area (Å²) in [6.45, 7) is 8.65. The summed E-state index contributed by atoms with van der Waals surface area (Å²) in [5, 5.41) is 36.3. The average Bonchev–Trinajstić information content (AvgIpc) is 3.74. The highest BCUT2D eigenvalue weighted by atomic mass is 35.5. The van der Waals surface area contributed by atoms with Crippen molar-refractivity contribution in [2.24, 2.45) is 0 Å². The Labute approximate surface area is 351 Å². The van der Waals surface area contributed by atoms with Gasteiger partial charge in [-0.05, 0) is 87.7 Å². The number of piperidine rings is 1. The number of aldehydes is 1. The largest absolute Gasteiger partial charge is 0.373 e. The van der Waals surface area contributed by atoms with Crippen molar-refractivity contribution in [2.45, 2.75) is 51.2 Å². The second-order valence-corrected chi connectivity index (χ2v) is 16.0. The van der Waals surface area contributed by atoms with Gasteiger partial charge in [0, 0.05) is 58.7 Å². The van der Waals surface area contributed by atoms with Crippen LogP contribution in [0.4, 0.5) is 21.5 Å². The maximum absolute atomic E-state index is 13.9. The van der Waals surface area contributed by atoms with Crippen LogP contribution < -0.4 is 10.6 Å². The number of nitrogens with zero attached hydrogens (tertiary/aromatic N) is 8. The number of anilines is 3. The molecule has 0 amide bonds. The van der Waals surface area contributed by atoms with E-state index in [2.05, 4.69) is 68.7 Å². The molecule has 3 aromatic heterocycles. The normalized spacial score (nSPS) is 13.8. The Bertz CT molecular complexity index is 2750. The molecule has 296 valence electrons. The third kappa shape index (κ3) is 9.32. The molecule has 0 saturated carbocycles. The molecule has 2 N–H and O–H groups in total. The van der Waals surface area contributed by atoms with Crippen LogP contribution in [0.1, 0.15) is 78.4 Å². The minimum atomic E-state index is -0.552. The molecule has 1 atom stereocenters. The molecule has 4 aromatic carbocycles. The summed E-state index contributed by atoms with van der Waals surface area (Å²) < 4.78 is 15.8. The first kappa shape index (κ1) is 40.7. The van der Waals surface area contributed by atoms with Crippen LogP contribution >= 0.6 is 23.2 Å². The minimum absolute atomic E-state index is 0.0551. The molecule has 0 aliphatic carbocycles. The molecule has 0 spiro atoms. The van der Waals surface area contributed by atoms with Crippen LogP contribution in [-0.4, -0.2) is 54.8 Å². The third-order valence-electron chi connectivity index (χ3n) is 10.3. The van der Waals surface area contributed by atoms with Gasteiger partial charge < -0.3 is 10.6 Å². The number of nitrogens with one attached hydrogen (secondary N) is 2. The van der Waals surface area contributed by atoms with Gasteiger partial charge in [-0.2, -0.15) is 10.5 Å². The number of likely N-dealkylation sites (tertiary alicyclic amines) is 1. The Kier molecular flexibility index (Phi) is 12.1. The van der Waals surface area contributed by atoms with E-state index in [9.17, 15) is 14.4 Å². The highest BCUT2D eigenvalue weighted by Gasteiger charge is 2.29. The lowest BCUT2D eigenvalue weighted by Crippen LogP contribution is -2.46. The summed E-state index contributed by atoms with van der Waals surface area (Å²) in [7, 11) is 0. The summed E-state index contributed by atoms with van der Waals surface area (Å²) in [6, 6.07) is 28.7. The van der Waals surface area contributed by atoms with Crippen molar-refractivity contribution < 1.29 is 9.18 Å². The summed E-state index contributed by atoms with van der Waals surface area (Å²) in [4.78, 5) is 22.8. The lowest BCUT2D eigenvalue weighted by molar-refractivity contribution is 0.0866. The fraction of sp³-hybridized carbons (Fsp3) is 0.222.